The summed E-state index contributed by atoms with van der Waals surface area (Å²) in [4.78, 5) is 0.229. The standard InChI is InChI=1S/C32H44O5S2/c1-22-4-7-26(8-5-22)39(34,35)37-18-19-38-25-10-14-30(2)24(20-25)6-9-29-28(30)11-15-31(3)27(12-16-32(29,31)33)23-13-17-36-21-23/h4-5,7-8,13,17,21,24-25,27-29,33H,6,9-12,14-16,18-20H2,1-3H3/t24-,25+,27-,28+,29-,30+,31-,32+/m1/s1. The highest BCUT2D eigenvalue weighted by Gasteiger charge is 2.67. The Balaban J connectivity index is 1.06. The van der Waals surface area contributed by atoms with E-state index < -0.39 is 15.7 Å². The highest BCUT2D eigenvalue weighted by molar-refractivity contribution is 7.99. The SMILES string of the molecule is Cc1ccc(S(=O)(=O)OCCS[C@H]2CC[C@@]3(C)[C@H](CC[C@@H]4[C@@H]3CC[C@]3(C)[C@@H](c5ccoc5)CC[C@]43O)C2)cc1. The number of benzene rings is 1. The van der Waals surface area contributed by atoms with E-state index in [2.05, 4.69) is 19.9 Å². The first kappa shape index (κ1) is 27.9. The maximum absolute atomic E-state index is 12.5. The number of rotatable bonds is 7. The van der Waals surface area contributed by atoms with Gasteiger partial charge in [0.15, 0.2) is 0 Å². The van der Waals surface area contributed by atoms with Gasteiger partial charge in [-0.3, -0.25) is 4.18 Å². The summed E-state index contributed by atoms with van der Waals surface area (Å²) in [7, 11) is -3.70. The quantitative estimate of drug-likeness (QED) is 0.276. The molecule has 214 valence electrons. The molecule has 0 aliphatic heterocycles. The van der Waals surface area contributed by atoms with Crippen LogP contribution < -0.4 is 0 Å². The van der Waals surface area contributed by atoms with Gasteiger partial charge in [0.1, 0.15) is 0 Å². The van der Waals surface area contributed by atoms with Crippen molar-refractivity contribution in [3.63, 3.8) is 0 Å². The summed E-state index contributed by atoms with van der Waals surface area (Å²) < 4.78 is 35.8. The molecular formula is C32H44O5S2. The molecule has 39 heavy (non-hydrogen) atoms. The van der Waals surface area contributed by atoms with Gasteiger partial charge in [0.2, 0.25) is 0 Å². The number of aliphatic hydroxyl groups is 1. The van der Waals surface area contributed by atoms with Crippen molar-refractivity contribution in [3.8, 4) is 0 Å². The summed E-state index contributed by atoms with van der Waals surface area (Å²) in [6, 6.07) is 8.94. The Labute approximate surface area is 238 Å². The molecule has 7 heteroatoms. The summed E-state index contributed by atoms with van der Waals surface area (Å²) in [5, 5.41) is 13.0. The summed E-state index contributed by atoms with van der Waals surface area (Å²) in [6.07, 6.45) is 13.8. The van der Waals surface area contributed by atoms with E-state index in [0.29, 0.717) is 34.7 Å². The Hall–Kier alpha value is -1.28. The summed E-state index contributed by atoms with van der Waals surface area (Å²) >= 11 is 1.88. The van der Waals surface area contributed by atoms with Crippen molar-refractivity contribution in [2.75, 3.05) is 12.4 Å². The van der Waals surface area contributed by atoms with Crippen LogP contribution in [0.2, 0.25) is 0 Å². The predicted octanol–water partition coefficient (Wildman–Crippen LogP) is 7.34. The molecule has 1 aromatic carbocycles. The minimum absolute atomic E-state index is 0.0762. The maximum Gasteiger partial charge on any atom is 0.296 e. The molecule has 2 aromatic rings. The zero-order chi connectivity index (χ0) is 27.5. The van der Waals surface area contributed by atoms with E-state index in [1.807, 2.05) is 24.9 Å². The van der Waals surface area contributed by atoms with Crippen LogP contribution in [-0.4, -0.2) is 36.7 Å². The number of hydrogen-bond donors (Lipinski definition) is 1. The largest absolute Gasteiger partial charge is 0.472 e. The number of fused-ring (bicyclic) bond motifs is 5. The van der Waals surface area contributed by atoms with E-state index in [1.165, 1.54) is 37.7 Å². The number of hydrogen-bond acceptors (Lipinski definition) is 6. The van der Waals surface area contributed by atoms with Gasteiger partial charge < -0.3 is 9.52 Å². The van der Waals surface area contributed by atoms with Crippen LogP contribution in [0.3, 0.4) is 0 Å². The zero-order valence-electron chi connectivity index (χ0n) is 23.6. The van der Waals surface area contributed by atoms with Gasteiger partial charge in [0.25, 0.3) is 10.1 Å². The molecule has 4 aliphatic carbocycles. The van der Waals surface area contributed by atoms with Crippen LogP contribution in [0.4, 0.5) is 0 Å². The summed E-state index contributed by atoms with van der Waals surface area (Å²) in [5.74, 6) is 2.74. The Bertz CT molecular complexity index is 1260. The average molecular weight is 573 g/mol. The molecule has 0 unspecified atom stereocenters. The van der Waals surface area contributed by atoms with E-state index in [-0.39, 0.29) is 22.3 Å². The lowest BCUT2D eigenvalue weighted by atomic mass is 9.43. The highest BCUT2D eigenvalue weighted by Crippen LogP contribution is 2.70. The second kappa shape index (κ2) is 10.2. The number of aryl methyl sites for hydroxylation is 1. The molecule has 1 N–H and O–H groups in total. The van der Waals surface area contributed by atoms with Crippen LogP contribution in [0.25, 0.3) is 0 Å². The van der Waals surface area contributed by atoms with Crippen LogP contribution in [0.15, 0.2) is 52.2 Å². The first-order chi connectivity index (χ1) is 18.6. The molecule has 0 amide bonds. The van der Waals surface area contributed by atoms with Crippen molar-refractivity contribution in [1.82, 2.24) is 0 Å². The smallest absolute Gasteiger partial charge is 0.296 e. The van der Waals surface area contributed by atoms with Gasteiger partial charge in [0.05, 0.1) is 29.6 Å². The second-order valence-corrected chi connectivity index (χ2v) is 16.4. The molecule has 4 fully saturated rings. The van der Waals surface area contributed by atoms with Crippen molar-refractivity contribution in [2.45, 2.75) is 100 Å². The average Bonchev–Trinajstić information content (AvgIpc) is 3.53. The minimum Gasteiger partial charge on any atom is -0.472 e. The molecule has 8 atom stereocenters. The van der Waals surface area contributed by atoms with Gasteiger partial charge in [-0.1, -0.05) is 31.5 Å². The second-order valence-electron chi connectivity index (χ2n) is 13.4. The molecule has 5 nitrogen and oxygen atoms in total. The predicted molar refractivity (Wildman–Crippen MR) is 155 cm³/mol. The molecule has 4 saturated carbocycles. The van der Waals surface area contributed by atoms with Gasteiger partial charge in [-0.2, -0.15) is 20.2 Å². The third-order valence-electron chi connectivity index (χ3n) is 11.7. The van der Waals surface area contributed by atoms with E-state index >= 15 is 0 Å². The van der Waals surface area contributed by atoms with Crippen LogP contribution in [0.1, 0.15) is 88.7 Å². The van der Waals surface area contributed by atoms with Gasteiger partial charge in [-0.25, -0.2) is 0 Å². The molecular weight excluding hydrogens is 528 g/mol. The first-order valence-corrected chi connectivity index (χ1v) is 17.3. The first-order valence-electron chi connectivity index (χ1n) is 14.9. The van der Waals surface area contributed by atoms with Crippen molar-refractivity contribution in [3.05, 3.63) is 54.0 Å². The van der Waals surface area contributed by atoms with Gasteiger partial charge in [-0.15, -0.1) is 0 Å². The van der Waals surface area contributed by atoms with Crippen LogP contribution in [0.5, 0.6) is 0 Å². The fourth-order valence-electron chi connectivity index (χ4n) is 9.48. The normalized spacial score (nSPS) is 40.1. The van der Waals surface area contributed by atoms with E-state index in [4.69, 9.17) is 8.60 Å². The highest BCUT2D eigenvalue weighted by atomic mass is 32.2. The van der Waals surface area contributed by atoms with Crippen molar-refractivity contribution >= 4 is 21.9 Å². The van der Waals surface area contributed by atoms with Gasteiger partial charge in [0, 0.05) is 16.4 Å². The Morgan fingerprint density at radius 1 is 1.00 bits per heavy atom. The van der Waals surface area contributed by atoms with E-state index in [9.17, 15) is 13.5 Å². The maximum atomic E-state index is 12.5. The molecule has 0 bridgehead atoms. The third kappa shape index (κ3) is 4.64. The third-order valence-corrected chi connectivity index (χ3v) is 14.4. The van der Waals surface area contributed by atoms with Crippen molar-refractivity contribution < 1.29 is 22.1 Å². The molecule has 6 rings (SSSR count). The number of thioether (sulfide) groups is 1. The van der Waals surface area contributed by atoms with Gasteiger partial charge >= 0.3 is 0 Å². The molecule has 1 aromatic heterocycles. The summed E-state index contributed by atoms with van der Waals surface area (Å²) in [5.41, 5.74) is 1.92. The van der Waals surface area contributed by atoms with E-state index in [1.54, 1.807) is 30.5 Å². The summed E-state index contributed by atoms with van der Waals surface area (Å²) in [6.45, 7) is 7.04. The Morgan fingerprint density at radius 3 is 2.54 bits per heavy atom. The molecule has 0 spiro atoms. The van der Waals surface area contributed by atoms with Gasteiger partial charge in [-0.05, 0) is 118 Å². The molecule has 0 saturated heterocycles. The van der Waals surface area contributed by atoms with Crippen LogP contribution in [0, 0.1) is 35.5 Å². The molecule has 0 radical (unpaired) electrons. The molecule has 1 heterocycles. The lowest BCUT2D eigenvalue weighted by molar-refractivity contribution is -0.200. The monoisotopic (exact) mass is 572 g/mol. The number of furan rings is 1. The topological polar surface area (TPSA) is 76.7 Å². The van der Waals surface area contributed by atoms with Crippen molar-refractivity contribution in [1.29, 1.82) is 0 Å². The molecule has 4 aliphatic rings. The lowest BCUT2D eigenvalue weighted by Gasteiger charge is -2.63. The lowest BCUT2D eigenvalue weighted by Crippen LogP contribution is -2.61. The Morgan fingerprint density at radius 2 is 1.79 bits per heavy atom. The van der Waals surface area contributed by atoms with Crippen molar-refractivity contribution in [2.24, 2.45) is 28.6 Å². The fourth-order valence-corrected chi connectivity index (χ4v) is 11.7. The fraction of sp³-hybridized carbons (Fsp3) is 0.688. The van der Waals surface area contributed by atoms with Crippen LogP contribution >= 0.6 is 11.8 Å². The Kier molecular flexibility index (Phi) is 7.30. The zero-order valence-corrected chi connectivity index (χ0v) is 25.2. The van der Waals surface area contributed by atoms with E-state index in [0.717, 1.165) is 31.2 Å². The minimum atomic E-state index is -3.70. The van der Waals surface area contributed by atoms with Crippen LogP contribution in [-0.2, 0) is 14.3 Å².